The first-order valence-electron chi connectivity index (χ1n) is 4.65. The van der Waals surface area contributed by atoms with Crippen molar-refractivity contribution in [3.8, 4) is 0 Å². The van der Waals surface area contributed by atoms with Crippen LogP contribution in [0.3, 0.4) is 0 Å². The summed E-state index contributed by atoms with van der Waals surface area (Å²) in [6.45, 7) is 1.97. The zero-order chi connectivity index (χ0) is 12.4. The van der Waals surface area contributed by atoms with Crippen LogP contribution < -0.4 is 5.32 Å². The molecule has 0 saturated heterocycles. The van der Waals surface area contributed by atoms with E-state index < -0.39 is 0 Å². The molecule has 0 aliphatic rings. The number of anilines is 2. The minimum absolute atomic E-state index is 0.0557. The molecule has 88 valence electrons. The van der Waals surface area contributed by atoms with E-state index in [1.165, 1.54) is 0 Å². The maximum atomic E-state index is 5.69. The van der Waals surface area contributed by atoms with Crippen molar-refractivity contribution in [2.24, 2.45) is 0 Å². The molecule has 0 radical (unpaired) electrons. The fraction of sp³-hybridized carbons (Fsp3) is 0.100. The van der Waals surface area contributed by atoms with Gasteiger partial charge in [0.25, 0.3) is 0 Å². The Balaban J connectivity index is 2.34. The summed E-state index contributed by atoms with van der Waals surface area (Å²) in [7, 11) is 0. The van der Waals surface area contributed by atoms with Crippen LogP contribution in [0.15, 0.2) is 22.7 Å². The molecule has 4 nitrogen and oxygen atoms in total. The lowest BCUT2D eigenvalue weighted by molar-refractivity contribution is 1.05. The summed E-state index contributed by atoms with van der Waals surface area (Å²) in [5.41, 5.74) is 1.91. The quantitative estimate of drug-likeness (QED) is 0.902. The summed E-state index contributed by atoms with van der Waals surface area (Å²) in [6.07, 6.45) is 0. The van der Waals surface area contributed by atoms with Crippen LogP contribution in [-0.4, -0.2) is 15.0 Å². The van der Waals surface area contributed by atoms with Crippen molar-refractivity contribution in [1.29, 1.82) is 0 Å². The Bertz CT molecular complexity index is 542. The molecule has 0 atom stereocenters. The Kier molecular flexibility index (Phi) is 3.81. The first-order chi connectivity index (χ1) is 8.06. The average molecular weight is 334 g/mol. The zero-order valence-electron chi connectivity index (χ0n) is 8.71. The number of rotatable bonds is 2. The highest BCUT2D eigenvalue weighted by Crippen LogP contribution is 2.25. The number of nitrogens with zero attached hydrogens (tertiary/aromatic N) is 3. The normalized spacial score (nSPS) is 10.4. The lowest BCUT2D eigenvalue weighted by Crippen LogP contribution is -2.00. The van der Waals surface area contributed by atoms with Gasteiger partial charge in [0, 0.05) is 10.2 Å². The summed E-state index contributed by atoms with van der Waals surface area (Å²) < 4.78 is 0.994. The minimum atomic E-state index is 0.0557. The molecule has 1 heterocycles. The highest BCUT2D eigenvalue weighted by Gasteiger charge is 2.06. The molecule has 0 aliphatic carbocycles. The van der Waals surface area contributed by atoms with E-state index >= 15 is 0 Å². The Labute approximate surface area is 117 Å². The first-order valence-corrected chi connectivity index (χ1v) is 6.20. The van der Waals surface area contributed by atoms with E-state index in [9.17, 15) is 0 Å². The second kappa shape index (κ2) is 5.16. The molecule has 0 aliphatic heterocycles. The standard InChI is InChI=1S/C10H7BrCl2N4/c1-5-6(11)3-2-4-7(5)14-10-16-8(12)15-9(13)17-10/h2-4H,1H3,(H,14,15,16,17). The van der Waals surface area contributed by atoms with Crippen molar-refractivity contribution >= 4 is 50.8 Å². The van der Waals surface area contributed by atoms with Crippen LogP contribution in [0, 0.1) is 6.92 Å². The van der Waals surface area contributed by atoms with Gasteiger partial charge in [-0.2, -0.15) is 15.0 Å². The largest absolute Gasteiger partial charge is 0.324 e. The third-order valence-electron chi connectivity index (χ3n) is 2.09. The second-order valence-corrected chi connectivity index (χ2v) is 4.76. The number of hydrogen-bond donors (Lipinski definition) is 1. The van der Waals surface area contributed by atoms with E-state index in [0.29, 0.717) is 5.95 Å². The van der Waals surface area contributed by atoms with Crippen molar-refractivity contribution in [2.75, 3.05) is 5.32 Å². The molecule has 1 aromatic carbocycles. The van der Waals surface area contributed by atoms with Crippen LogP contribution >= 0.6 is 39.1 Å². The molecule has 1 aromatic heterocycles. The smallest absolute Gasteiger partial charge is 0.232 e. The lowest BCUT2D eigenvalue weighted by atomic mass is 10.2. The van der Waals surface area contributed by atoms with Gasteiger partial charge in [-0.3, -0.25) is 0 Å². The molecule has 0 amide bonds. The van der Waals surface area contributed by atoms with Gasteiger partial charge in [-0.1, -0.05) is 22.0 Å². The van der Waals surface area contributed by atoms with Crippen LogP contribution in [-0.2, 0) is 0 Å². The molecule has 0 bridgehead atoms. The molecule has 0 fully saturated rings. The lowest BCUT2D eigenvalue weighted by Gasteiger charge is -2.09. The fourth-order valence-corrected chi connectivity index (χ4v) is 1.97. The van der Waals surface area contributed by atoms with Gasteiger partial charge in [0.15, 0.2) is 0 Å². The Morgan fingerprint density at radius 3 is 2.41 bits per heavy atom. The Morgan fingerprint density at radius 1 is 1.12 bits per heavy atom. The Morgan fingerprint density at radius 2 is 1.76 bits per heavy atom. The van der Waals surface area contributed by atoms with Gasteiger partial charge in [0.1, 0.15) is 0 Å². The van der Waals surface area contributed by atoms with E-state index in [0.717, 1.165) is 15.7 Å². The van der Waals surface area contributed by atoms with Crippen LogP contribution in [0.2, 0.25) is 10.6 Å². The van der Waals surface area contributed by atoms with Crippen molar-refractivity contribution < 1.29 is 0 Å². The van der Waals surface area contributed by atoms with Gasteiger partial charge in [0.2, 0.25) is 16.5 Å². The van der Waals surface area contributed by atoms with Crippen molar-refractivity contribution in [3.63, 3.8) is 0 Å². The molecule has 7 heteroatoms. The van der Waals surface area contributed by atoms with Crippen LogP contribution in [0.1, 0.15) is 5.56 Å². The van der Waals surface area contributed by atoms with Gasteiger partial charge in [-0.05, 0) is 47.8 Å². The molecular weight excluding hydrogens is 327 g/mol. The molecule has 2 aromatic rings. The summed E-state index contributed by atoms with van der Waals surface area (Å²) in [4.78, 5) is 11.5. The topological polar surface area (TPSA) is 50.7 Å². The highest BCUT2D eigenvalue weighted by atomic mass is 79.9. The SMILES string of the molecule is Cc1c(Br)cccc1Nc1nc(Cl)nc(Cl)n1. The maximum absolute atomic E-state index is 5.69. The summed E-state index contributed by atoms with van der Waals surface area (Å²) in [6, 6.07) is 5.77. The molecule has 2 rings (SSSR count). The van der Waals surface area contributed by atoms with Crippen molar-refractivity contribution in [2.45, 2.75) is 6.92 Å². The van der Waals surface area contributed by atoms with Crippen LogP contribution in [0.25, 0.3) is 0 Å². The summed E-state index contributed by atoms with van der Waals surface area (Å²) in [5, 5.41) is 3.14. The van der Waals surface area contributed by atoms with E-state index in [4.69, 9.17) is 23.2 Å². The van der Waals surface area contributed by atoms with Gasteiger partial charge in [-0.15, -0.1) is 0 Å². The number of benzene rings is 1. The van der Waals surface area contributed by atoms with Gasteiger partial charge in [0.05, 0.1) is 0 Å². The molecular formula is C10H7BrCl2N4. The molecule has 1 N–H and O–H groups in total. The van der Waals surface area contributed by atoms with E-state index in [-0.39, 0.29) is 10.6 Å². The van der Waals surface area contributed by atoms with Crippen LogP contribution in [0.5, 0.6) is 0 Å². The van der Waals surface area contributed by atoms with E-state index in [2.05, 4.69) is 36.2 Å². The predicted molar refractivity (Wildman–Crippen MR) is 72.0 cm³/mol. The molecule has 0 saturated carbocycles. The minimum Gasteiger partial charge on any atom is -0.324 e. The number of hydrogen-bond acceptors (Lipinski definition) is 4. The molecule has 17 heavy (non-hydrogen) atoms. The predicted octanol–water partition coefficient (Wildman–Crippen LogP) is 3.99. The highest BCUT2D eigenvalue weighted by molar-refractivity contribution is 9.10. The van der Waals surface area contributed by atoms with Gasteiger partial charge < -0.3 is 5.32 Å². The molecule has 0 spiro atoms. The summed E-state index contributed by atoms with van der Waals surface area (Å²) in [5.74, 6) is 0.316. The average Bonchev–Trinajstić information content (AvgIpc) is 2.23. The van der Waals surface area contributed by atoms with Crippen molar-refractivity contribution in [1.82, 2.24) is 15.0 Å². The number of nitrogens with one attached hydrogen (secondary N) is 1. The maximum Gasteiger partial charge on any atom is 0.232 e. The van der Waals surface area contributed by atoms with E-state index in [1.54, 1.807) is 0 Å². The third kappa shape index (κ3) is 3.06. The number of halogens is 3. The Hall–Kier alpha value is -0.910. The zero-order valence-corrected chi connectivity index (χ0v) is 11.8. The summed E-state index contributed by atoms with van der Waals surface area (Å²) >= 11 is 14.8. The fourth-order valence-electron chi connectivity index (χ4n) is 1.25. The first kappa shape index (κ1) is 12.5. The van der Waals surface area contributed by atoms with Gasteiger partial charge >= 0.3 is 0 Å². The van der Waals surface area contributed by atoms with Crippen LogP contribution in [0.4, 0.5) is 11.6 Å². The van der Waals surface area contributed by atoms with Crippen molar-refractivity contribution in [3.05, 3.63) is 38.8 Å². The monoisotopic (exact) mass is 332 g/mol. The number of aromatic nitrogens is 3. The van der Waals surface area contributed by atoms with Gasteiger partial charge in [-0.25, -0.2) is 0 Å². The second-order valence-electron chi connectivity index (χ2n) is 3.23. The van der Waals surface area contributed by atoms with E-state index in [1.807, 2.05) is 25.1 Å². The third-order valence-corrected chi connectivity index (χ3v) is 3.29. The molecule has 0 unspecified atom stereocenters.